The zero-order chi connectivity index (χ0) is 16.4. The monoisotopic (exact) mass is 305 g/mol. The highest BCUT2D eigenvalue weighted by Gasteiger charge is 2.38. The summed E-state index contributed by atoms with van der Waals surface area (Å²) in [6.07, 6.45) is 1.16. The van der Waals surface area contributed by atoms with Crippen LogP contribution in [0.3, 0.4) is 0 Å². The van der Waals surface area contributed by atoms with E-state index in [1.807, 2.05) is 12.1 Å². The molecule has 0 atom stereocenters. The van der Waals surface area contributed by atoms with Gasteiger partial charge in [0.25, 0.3) is 0 Å². The Morgan fingerprint density at radius 3 is 2.36 bits per heavy atom. The van der Waals surface area contributed by atoms with Crippen molar-refractivity contribution in [2.75, 3.05) is 19.7 Å². The van der Waals surface area contributed by atoms with Crippen molar-refractivity contribution in [1.29, 1.82) is 0 Å². The van der Waals surface area contributed by atoms with Crippen molar-refractivity contribution in [3.8, 4) is 5.75 Å². The van der Waals surface area contributed by atoms with Crippen LogP contribution in [0, 0.1) is 0 Å². The summed E-state index contributed by atoms with van der Waals surface area (Å²) in [5.41, 5.74) is 0.726. The molecule has 1 aliphatic rings. The van der Waals surface area contributed by atoms with E-state index in [1.165, 1.54) is 5.56 Å². The quantitative estimate of drug-likeness (QED) is 0.851. The number of likely N-dealkylation sites (tertiary alicyclic amines) is 1. The van der Waals surface area contributed by atoms with Crippen LogP contribution in [0.15, 0.2) is 24.3 Å². The highest BCUT2D eigenvalue weighted by atomic mass is 16.5. The number of aliphatic hydroxyl groups is 1. The molecule has 22 heavy (non-hydrogen) atoms. The Labute approximate surface area is 133 Å². The smallest absolute Gasteiger partial charge is 0.222 e. The van der Waals surface area contributed by atoms with E-state index in [0.29, 0.717) is 32.5 Å². The lowest BCUT2D eigenvalue weighted by Crippen LogP contribution is -2.61. The summed E-state index contributed by atoms with van der Waals surface area (Å²) in [6, 6.07) is 8.13. The van der Waals surface area contributed by atoms with Crippen molar-refractivity contribution in [2.45, 2.75) is 51.6 Å². The van der Waals surface area contributed by atoms with Gasteiger partial charge in [-0.3, -0.25) is 4.79 Å². The first-order valence-corrected chi connectivity index (χ1v) is 7.91. The molecule has 1 aromatic carbocycles. The van der Waals surface area contributed by atoms with E-state index < -0.39 is 5.60 Å². The van der Waals surface area contributed by atoms with Crippen LogP contribution in [0.4, 0.5) is 0 Å². The molecule has 0 radical (unpaired) electrons. The van der Waals surface area contributed by atoms with Gasteiger partial charge >= 0.3 is 0 Å². The average Bonchev–Trinajstić information content (AvgIpc) is 2.40. The molecule has 1 saturated heterocycles. The molecule has 4 heteroatoms. The zero-order valence-corrected chi connectivity index (χ0v) is 14.1. The predicted octanol–water partition coefficient (Wildman–Crippen LogP) is 2.74. The van der Waals surface area contributed by atoms with Crippen molar-refractivity contribution < 1.29 is 14.6 Å². The highest BCUT2D eigenvalue weighted by Crippen LogP contribution is 2.24. The van der Waals surface area contributed by atoms with Crippen LogP contribution in [-0.2, 0) is 10.2 Å². The molecule has 1 heterocycles. The summed E-state index contributed by atoms with van der Waals surface area (Å²) < 4.78 is 5.68. The lowest BCUT2D eigenvalue weighted by molar-refractivity contribution is -0.152. The molecule has 1 fully saturated rings. The van der Waals surface area contributed by atoms with E-state index >= 15 is 0 Å². The fourth-order valence-corrected chi connectivity index (χ4v) is 2.58. The van der Waals surface area contributed by atoms with Gasteiger partial charge in [-0.25, -0.2) is 0 Å². The van der Waals surface area contributed by atoms with Gasteiger partial charge in [-0.1, -0.05) is 32.9 Å². The van der Waals surface area contributed by atoms with Gasteiger partial charge in [0.15, 0.2) is 0 Å². The van der Waals surface area contributed by atoms with Gasteiger partial charge in [-0.15, -0.1) is 0 Å². The number of β-amino-alcohol motifs (C(OH)–C–C–N with tert-alkyl or cyclic N) is 1. The van der Waals surface area contributed by atoms with Crippen molar-refractivity contribution >= 4 is 5.91 Å². The largest absolute Gasteiger partial charge is 0.494 e. The summed E-state index contributed by atoms with van der Waals surface area (Å²) in [5.74, 6) is 0.936. The van der Waals surface area contributed by atoms with Gasteiger partial charge in [0.1, 0.15) is 5.75 Å². The van der Waals surface area contributed by atoms with Crippen LogP contribution >= 0.6 is 0 Å². The van der Waals surface area contributed by atoms with Crippen LogP contribution in [0.1, 0.15) is 46.1 Å². The normalized spacial score (nSPS) is 17.0. The third-order valence-corrected chi connectivity index (χ3v) is 3.94. The Morgan fingerprint density at radius 2 is 1.86 bits per heavy atom. The van der Waals surface area contributed by atoms with Crippen molar-refractivity contribution in [3.63, 3.8) is 0 Å². The Balaban J connectivity index is 1.68. The van der Waals surface area contributed by atoms with Crippen LogP contribution < -0.4 is 4.74 Å². The number of hydrogen-bond acceptors (Lipinski definition) is 3. The van der Waals surface area contributed by atoms with Crippen LogP contribution in [-0.4, -0.2) is 41.2 Å². The summed E-state index contributed by atoms with van der Waals surface area (Å²) >= 11 is 0. The second-order valence-electron chi connectivity index (χ2n) is 7.47. The minimum absolute atomic E-state index is 0.0956. The SMILES string of the molecule is CC1(O)CN(C(=O)CCCOc2ccc(C(C)(C)C)cc2)C1. The number of nitrogens with zero attached hydrogens (tertiary/aromatic N) is 1. The number of amides is 1. The number of ether oxygens (including phenoxy) is 1. The highest BCUT2D eigenvalue weighted by molar-refractivity contribution is 5.77. The standard InChI is InChI=1S/C18H27NO3/c1-17(2,3)14-7-9-15(10-8-14)22-11-5-6-16(20)19-12-18(4,21)13-19/h7-10,21H,5-6,11-13H2,1-4H3. The maximum atomic E-state index is 11.8. The molecule has 4 nitrogen and oxygen atoms in total. The number of rotatable bonds is 5. The minimum Gasteiger partial charge on any atom is -0.494 e. The molecule has 1 aromatic rings. The molecule has 0 bridgehead atoms. The third kappa shape index (κ3) is 4.47. The van der Waals surface area contributed by atoms with E-state index in [1.54, 1.807) is 11.8 Å². The van der Waals surface area contributed by atoms with Crippen LogP contribution in [0.2, 0.25) is 0 Å². The minimum atomic E-state index is -0.693. The molecule has 1 N–H and O–H groups in total. The first kappa shape index (κ1) is 16.8. The van der Waals surface area contributed by atoms with Crippen LogP contribution in [0.25, 0.3) is 0 Å². The number of carbonyl (C=O) groups is 1. The second kappa shape index (κ2) is 6.29. The lowest BCUT2D eigenvalue weighted by Gasteiger charge is -2.44. The molecule has 0 spiro atoms. The predicted molar refractivity (Wildman–Crippen MR) is 87.1 cm³/mol. The first-order chi connectivity index (χ1) is 10.2. The topological polar surface area (TPSA) is 49.8 Å². The molecular weight excluding hydrogens is 278 g/mol. The van der Waals surface area contributed by atoms with E-state index in [-0.39, 0.29) is 11.3 Å². The first-order valence-electron chi connectivity index (χ1n) is 7.91. The van der Waals surface area contributed by atoms with E-state index in [4.69, 9.17) is 4.74 Å². The Bertz CT molecular complexity index is 506. The summed E-state index contributed by atoms with van der Waals surface area (Å²) in [6.45, 7) is 9.72. The van der Waals surface area contributed by atoms with Gasteiger partial charge in [-0.2, -0.15) is 0 Å². The summed E-state index contributed by atoms with van der Waals surface area (Å²) in [4.78, 5) is 13.5. The molecular formula is C18H27NO3. The maximum absolute atomic E-state index is 11.8. The Morgan fingerprint density at radius 1 is 1.27 bits per heavy atom. The average molecular weight is 305 g/mol. The summed E-state index contributed by atoms with van der Waals surface area (Å²) in [5, 5.41) is 9.61. The van der Waals surface area contributed by atoms with Gasteiger partial charge in [0.2, 0.25) is 5.91 Å². The third-order valence-electron chi connectivity index (χ3n) is 3.94. The van der Waals surface area contributed by atoms with E-state index in [0.717, 1.165) is 5.75 Å². The molecule has 0 unspecified atom stereocenters. The number of benzene rings is 1. The molecule has 1 amide bonds. The molecule has 2 rings (SSSR count). The van der Waals surface area contributed by atoms with Gasteiger partial charge < -0.3 is 14.7 Å². The molecule has 0 aliphatic carbocycles. The van der Waals surface area contributed by atoms with Gasteiger partial charge in [0, 0.05) is 6.42 Å². The van der Waals surface area contributed by atoms with Crippen molar-refractivity contribution in [1.82, 2.24) is 4.90 Å². The number of hydrogen-bond donors (Lipinski definition) is 1. The van der Waals surface area contributed by atoms with E-state index in [9.17, 15) is 9.90 Å². The van der Waals surface area contributed by atoms with Gasteiger partial charge in [-0.05, 0) is 36.5 Å². The van der Waals surface area contributed by atoms with Crippen molar-refractivity contribution in [2.24, 2.45) is 0 Å². The van der Waals surface area contributed by atoms with E-state index in [2.05, 4.69) is 32.9 Å². The fourth-order valence-electron chi connectivity index (χ4n) is 2.58. The summed E-state index contributed by atoms with van der Waals surface area (Å²) in [7, 11) is 0. The lowest BCUT2D eigenvalue weighted by atomic mass is 9.87. The zero-order valence-electron chi connectivity index (χ0n) is 14.1. The second-order valence-corrected chi connectivity index (χ2v) is 7.47. The molecule has 0 saturated carbocycles. The maximum Gasteiger partial charge on any atom is 0.222 e. The van der Waals surface area contributed by atoms with Crippen molar-refractivity contribution in [3.05, 3.63) is 29.8 Å². The Hall–Kier alpha value is -1.55. The molecule has 1 aliphatic heterocycles. The van der Waals surface area contributed by atoms with Gasteiger partial charge in [0.05, 0.1) is 25.3 Å². The van der Waals surface area contributed by atoms with Crippen LogP contribution in [0.5, 0.6) is 5.75 Å². The fraction of sp³-hybridized carbons (Fsp3) is 0.611. The molecule has 122 valence electrons. The molecule has 0 aromatic heterocycles. The number of carbonyl (C=O) groups excluding carboxylic acids is 1. The Kier molecular flexibility index (Phi) is 4.81.